The van der Waals surface area contributed by atoms with Gasteiger partial charge in [0, 0.05) is 16.6 Å². The molecular weight excluding hydrogens is 492 g/mol. The van der Waals surface area contributed by atoms with Gasteiger partial charge in [-0.25, -0.2) is 4.68 Å². The summed E-state index contributed by atoms with van der Waals surface area (Å²) >= 11 is 7.99. The van der Waals surface area contributed by atoms with Crippen molar-refractivity contribution in [3.8, 4) is 5.69 Å². The van der Waals surface area contributed by atoms with E-state index in [-0.39, 0.29) is 28.8 Å². The lowest BCUT2D eigenvalue weighted by Crippen LogP contribution is -2.36. The summed E-state index contributed by atoms with van der Waals surface area (Å²) in [5.41, 5.74) is 4.43. The molecule has 3 aromatic carbocycles. The van der Waals surface area contributed by atoms with E-state index in [9.17, 15) is 9.59 Å². The smallest absolute Gasteiger partial charge is 0.260 e. The van der Waals surface area contributed by atoms with Gasteiger partial charge < -0.3 is 10.2 Å². The predicted molar refractivity (Wildman–Crippen MR) is 146 cm³/mol. The number of rotatable bonds is 6. The Balaban J connectivity index is 1.32. The third-order valence-corrected chi connectivity index (χ3v) is 7.60. The first kappa shape index (κ1) is 24.2. The Morgan fingerprint density at radius 1 is 1.03 bits per heavy atom. The van der Waals surface area contributed by atoms with Gasteiger partial charge in [0.25, 0.3) is 5.91 Å². The highest BCUT2D eigenvalue weighted by Crippen LogP contribution is 2.34. The molecule has 2 amide bonds. The Morgan fingerprint density at radius 3 is 2.53 bits per heavy atom. The summed E-state index contributed by atoms with van der Waals surface area (Å²) in [6.07, 6.45) is 0.857. The zero-order chi connectivity index (χ0) is 25.2. The van der Waals surface area contributed by atoms with Crippen LogP contribution in [0.3, 0.4) is 0 Å². The van der Waals surface area contributed by atoms with E-state index in [0.29, 0.717) is 16.9 Å². The van der Waals surface area contributed by atoms with Crippen molar-refractivity contribution in [1.82, 2.24) is 9.78 Å². The van der Waals surface area contributed by atoms with Gasteiger partial charge >= 0.3 is 0 Å². The van der Waals surface area contributed by atoms with Crippen LogP contribution in [0.25, 0.3) is 5.69 Å². The van der Waals surface area contributed by atoms with Gasteiger partial charge in [-0.15, -0.1) is 11.8 Å². The number of nitrogens with zero attached hydrogens (tertiary/aromatic N) is 3. The van der Waals surface area contributed by atoms with Crippen LogP contribution < -0.4 is 10.2 Å². The number of carbonyl (C=O) groups excluding carboxylic acids is 2. The van der Waals surface area contributed by atoms with Gasteiger partial charge in [-0.2, -0.15) is 5.10 Å². The Kier molecular flexibility index (Phi) is 6.85. The summed E-state index contributed by atoms with van der Waals surface area (Å²) in [4.78, 5) is 29.1. The van der Waals surface area contributed by atoms with Crippen LogP contribution in [0.2, 0.25) is 5.15 Å². The van der Waals surface area contributed by atoms with Crippen molar-refractivity contribution in [2.75, 3.05) is 16.0 Å². The van der Waals surface area contributed by atoms with Crippen LogP contribution in [0, 0.1) is 6.92 Å². The van der Waals surface area contributed by atoms with E-state index < -0.39 is 0 Å². The maximum Gasteiger partial charge on any atom is 0.260 e. The number of anilines is 2. The molecule has 0 saturated heterocycles. The van der Waals surface area contributed by atoms with Crippen LogP contribution in [0.1, 0.15) is 28.5 Å². The molecule has 1 aliphatic heterocycles. The van der Waals surface area contributed by atoms with E-state index in [1.165, 1.54) is 17.3 Å². The monoisotopic (exact) mass is 516 g/mol. The summed E-state index contributed by atoms with van der Waals surface area (Å²) in [5.74, 6) is -0.0418. The molecule has 1 aliphatic rings. The normalized spacial score (nSPS) is 14.5. The number of fused-ring (bicyclic) bond motifs is 1. The minimum absolute atomic E-state index is 0.0432. The number of hydrogen-bond acceptors (Lipinski definition) is 4. The highest BCUT2D eigenvalue weighted by Gasteiger charge is 2.30. The number of para-hydroxylation sites is 3. The standard InChI is InChI=1S/C28H25ClN4O2S/c1-18-16-20-10-6-8-14-23(20)32(18)25(34)17-36-24-15-9-7-13-22(24)30-28(35)26-19(2)31-33(27(26)29)21-11-4-3-5-12-21/h3-15,18H,16-17H2,1-2H3,(H,30,35)/t18-/m1/s1. The predicted octanol–water partition coefficient (Wildman–Crippen LogP) is 6.16. The molecule has 2 heterocycles. The number of hydrogen-bond donors (Lipinski definition) is 1. The molecule has 5 rings (SSSR count). The second-order valence-corrected chi connectivity index (χ2v) is 10.1. The van der Waals surface area contributed by atoms with Gasteiger partial charge in [0.05, 0.1) is 22.8 Å². The van der Waals surface area contributed by atoms with Gasteiger partial charge in [0.2, 0.25) is 5.91 Å². The van der Waals surface area contributed by atoms with Crippen LogP contribution in [0.15, 0.2) is 83.8 Å². The highest BCUT2D eigenvalue weighted by atomic mass is 35.5. The summed E-state index contributed by atoms with van der Waals surface area (Å²) in [7, 11) is 0. The Morgan fingerprint density at radius 2 is 1.72 bits per heavy atom. The second kappa shape index (κ2) is 10.2. The molecule has 0 radical (unpaired) electrons. The fraction of sp³-hybridized carbons (Fsp3) is 0.179. The summed E-state index contributed by atoms with van der Waals surface area (Å²) in [6.45, 7) is 3.83. The summed E-state index contributed by atoms with van der Waals surface area (Å²) < 4.78 is 1.56. The number of aromatic nitrogens is 2. The zero-order valence-corrected chi connectivity index (χ0v) is 21.5. The molecule has 4 aromatic rings. The molecule has 182 valence electrons. The van der Waals surface area contributed by atoms with E-state index >= 15 is 0 Å². The maximum absolute atomic E-state index is 13.2. The lowest BCUT2D eigenvalue weighted by atomic mass is 10.1. The van der Waals surface area contributed by atoms with Gasteiger partial charge in [-0.1, -0.05) is 60.1 Å². The van der Waals surface area contributed by atoms with Crippen molar-refractivity contribution in [1.29, 1.82) is 0 Å². The van der Waals surface area contributed by atoms with E-state index in [1.807, 2.05) is 77.7 Å². The molecule has 0 aliphatic carbocycles. The van der Waals surface area contributed by atoms with E-state index in [1.54, 1.807) is 11.6 Å². The average Bonchev–Trinajstić information content (AvgIpc) is 3.38. The molecule has 0 unspecified atom stereocenters. The van der Waals surface area contributed by atoms with Gasteiger partial charge in [-0.05, 0) is 56.2 Å². The SMILES string of the molecule is Cc1nn(-c2ccccc2)c(Cl)c1C(=O)Nc1ccccc1SCC(=O)N1c2ccccc2C[C@H]1C. The minimum atomic E-state index is -0.346. The van der Waals surface area contributed by atoms with E-state index in [4.69, 9.17) is 11.6 Å². The van der Waals surface area contributed by atoms with Gasteiger partial charge in [0.1, 0.15) is 10.7 Å². The third kappa shape index (κ3) is 4.64. The van der Waals surface area contributed by atoms with Gasteiger partial charge in [-0.3, -0.25) is 9.59 Å². The number of aryl methyl sites for hydroxylation is 1. The van der Waals surface area contributed by atoms with E-state index in [0.717, 1.165) is 22.7 Å². The second-order valence-electron chi connectivity index (χ2n) is 8.68. The van der Waals surface area contributed by atoms with Crippen LogP contribution >= 0.6 is 23.4 Å². The quantitative estimate of drug-likeness (QED) is 0.312. The fourth-order valence-electron chi connectivity index (χ4n) is 4.53. The number of amides is 2. The number of carbonyl (C=O) groups is 2. The number of thioether (sulfide) groups is 1. The molecule has 36 heavy (non-hydrogen) atoms. The molecule has 0 saturated carbocycles. The highest BCUT2D eigenvalue weighted by molar-refractivity contribution is 8.00. The fourth-order valence-corrected chi connectivity index (χ4v) is 5.76. The number of nitrogens with one attached hydrogen (secondary N) is 1. The number of benzene rings is 3. The van der Waals surface area contributed by atoms with Crippen molar-refractivity contribution in [3.63, 3.8) is 0 Å². The first-order chi connectivity index (χ1) is 17.4. The largest absolute Gasteiger partial charge is 0.321 e. The van der Waals surface area contributed by atoms with Crippen LogP contribution in [-0.2, 0) is 11.2 Å². The van der Waals surface area contributed by atoms with Gasteiger partial charge in [0.15, 0.2) is 0 Å². The first-order valence-electron chi connectivity index (χ1n) is 11.7. The van der Waals surface area contributed by atoms with Crippen LogP contribution in [0.4, 0.5) is 11.4 Å². The molecule has 1 aromatic heterocycles. The minimum Gasteiger partial charge on any atom is -0.321 e. The Bertz CT molecular complexity index is 1440. The Hall–Kier alpha value is -3.55. The molecule has 0 bridgehead atoms. The van der Waals surface area contributed by atoms with Crippen molar-refractivity contribution in [2.24, 2.45) is 0 Å². The molecule has 0 spiro atoms. The molecule has 0 fully saturated rings. The van der Waals surface area contributed by atoms with Crippen molar-refractivity contribution in [2.45, 2.75) is 31.2 Å². The lowest BCUT2D eigenvalue weighted by Gasteiger charge is -2.22. The average molecular weight is 517 g/mol. The van der Waals surface area contributed by atoms with Crippen molar-refractivity contribution >= 4 is 46.6 Å². The summed E-state index contributed by atoms with van der Waals surface area (Å²) in [6, 6.07) is 25.1. The third-order valence-electron chi connectivity index (χ3n) is 6.19. The van der Waals surface area contributed by atoms with Crippen molar-refractivity contribution < 1.29 is 9.59 Å². The molecule has 1 atom stereocenters. The van der Waals surface area contributed by atoms with Crippen molar-refractivity contribution in [3.05, 3.63) is 101 Å². The topological polar surface area (TPSA) is 67.2 Å². The first-order valence-corrected chi connectivity index (χ1v) is 13.0. The molecule has 6 nitrogen and oxygen atoms in total. The van der Waals surface area contributed by atoms with E-state index in [2.05, 4.69) is 23.4 Å². The summed E-state index contributed by atoms with van der Waals surface area (Å²) in [5, 5.41) is 7.68. The lowest BCUT2D eigenvalue weighted by molar-refractivity contribution is -0.116. The molecule has 8 heteroatoms. The zero-order valence-electron chi connectivity index (χ0n) is 19.9. The number of halogens is 1. The molecular formula is C28H25ClN4O2S. The van der Waals surface area contributed by atoms with Crippen LogP contribution in [-0.4, -0.2) is 33.4 Å². The molecule has 1 N–H and O–H groups in total. The van der Waals surface area contributed by atoms with Crippen LogP contribution in [0.5, 0.6) is 0 Å². The maximum atomic E-state index is 13.2. The Labute approximate surface area is 219 Å².